The molecule has 0 radical (unpaired) electrons. The highest BCUT2D eigenvalue weighted by molar-refractivity contribution is 5.89. The third-order valence-corrected chi connectivity index (χ3v) is 4.45. The van der Waals surface area contributed by atoms with Gasteiger partial charge in [-0.3, -0.25) is 0 Å². The minimum absolute atomic E-state index is 0.0573. The summed E-state index contributed by atoms with van der Waals surface area (Å²) in [7, 11) is 1.93. The van der Waals surface area contributed by atoms with Gasteiger partial charge in [0.25, 0.3) is 0 Å². The van der Waals surface area contributed by atoms with E-state index < -0.39 is 0 Å². The van der Waals surface area contributed by atoms with E-state index in [1.165, 1.54) is 24.8 Å². The van der Waals surface area contributed by atoms with Crippen molar-refractivity contribution in [3.05, 3.63) is 29.8 Å². The molecule has 0 bridgehead atoms. The van der Waals surface area contributed by atoms with Gasteiger partial charge >= 0.3 is 6.03 Å². The number of rotatable bonds is 4. The molecule has 1 aromatic rings. The van der Waals surface area contributed by atoms with Crippen molar-refractivity contribution in [1.82, 2.24) is 10.6 Å². The Labute approximate surface area is 127 Å². The summed E-state index contributed by atoms with van der Waals surface area (Å²) in [5.41, 5.74) is 1.95. The zero-order valence-electron chi connectivity index (χ0n) is 13.3. The first-order chi connectivity index (χ1) is 10.0. The fourth-order valence-electron chi connectivity index (χ4n) is 2.95. The van der Waals surface area contributed by atoms with Crippen LogP contribution < -0.4 is 16.0 Å². The van der Waals surface area contributed by atoms with Gasteiger partial charge in [0.2, 0.25) is 0 Å². The van der Waals surface area contributed by atoms with Crippen molar-refractivity contribution in [1.29, 1.82) is 0 Å². The molecule has 3 N–H and O–H groups in total. The molecule has 0 aliphatic heterocycles. The van der Waals surface area contributed by atoms with Crippen molar-refractivity contribution in [2.75, 3.05) is 12.4 Å². The molecule has 116 valence electrons. The van der Waals surface area contributed by atoms with Gasteiger partial charge in [0.1, 0.15) is 0 Å². The molecule has 0 spiro atoms. The van der Waals surface area contributed by atoms with Crippen LogP contribution in [0.3, 0.4) is 0 Å². The minimum Gasteiger partial charge on any atom is -0.333 e. The number of nitrogens with one attached hydrogen (secondary N) is 3. The molecule has 2 amide bonds. The molecule has 1 saturated carbocycles. The van der Waals surface area contributed by atoms with Gasteiger partial charge in [0, 0.05) is 17.3 Å². The van der Waals surface area contributed by atoms with Crippen molar-refractivity contribution in [3.63, 3.8) is 0 Å². The third kappa shape index (κ3) is 4.46. The minimum atomic E-state index is -0.103. The molecular weight excluding hydrogens is 262 g/mol. The highest BCUT2D eigenvalue weighted by Gasteiger charge is 2.28. The molecule has 1 aliphatic rings. The highest BCUT2D eigenvalue weighted by atomic mass is 16.2. The Morgan fingerprint density at radius 3 is 2.62 bits per heavy atom. The summed E-state index contributed by atoms with van der Waals surface area (Å²) in [6.07, 6.45) is 5.81. The average Bonchev–Trinajstić information content (AvgIpc) is 2.46. The van der Waals surface area contributed by atoms with E-state index in [0.717, 1.165) is 18.5 Å². The molecule has 1 atom stereocenters. The van der Waals surface area contributed by atoms with Crippen molar-refractivity contribution in [3.8, 4) is 0 Å². The van der Waals surface area contributed by atoms with Crippen molar-refractivity contribution >= 4 is 11.7 Å². The van der Waals surface area contributed by atoms with Crippen LogP contribution in [0.25, 0.3) is 0 Å². The van der Waals surface area contributed by atoms with Crippen molar-refractivity contribution in [2.24, 2.45) is 0 Å². The van der Waals surface area contributed by atoms with E-state index in [1.807, 2.05) is 25.2 Å². The van der Waals surface area contributed by atoms with Crippen LogP contribution in [0.1, 0.15) is 57.6 Å². The maximum Gasteiger partial charge on any atom is 0.319 e. The molecule has 4 heteroatoms. The monoisotopic (exact) mass is 289 g/mol. The van der Waals surface area contributed by atoms with Crippen molar-refractivity contribution in [2.45, 2.75) is 57.5 Å². The number of hydrogen-bond acceptors (Lipinski definition) is 2. The van der Waals surface area contributed by atoms with Crippen LogP contribution >= 0.6 is 0 Å². The molecular formula is C17H27N3O. The largest absolute Gasteiger partial charge is 0.333 e. The van der Waals surface area contributed by atoms with Crippen LogP contribution in [-0.4, -0.2) is 18.6 Å². The average molecular weight is 289 g/mol. The lowest BCUT2D eigenvalue weighted by molar-refractivity contribution is 0.221. The quantitative estimate of drug-likeness (QED) is 0.789. The number of urea groups is 1. The Morgan fingerprint density at radius 2 is 1.95 bits per heavy atom. The summed E-state index contributed by atoms with van der Waals surface area (Å²) in [5.74, 6) is 0. The first-order valence-corrected chi connectivity index (χ1v) is 7.89. The SMILES string of the molecule is CNC(C)c1cccc(NC(=O)NC2(C)CCCCC2)c1. The molecule has 1 unspecified atom stereocenters. The summed E-state index contributed by atoms with van der Waals surface area (Å²) in [4.78, 5) is 12.2. The third-order valence-electron chi connectivity index (χ3n) is 4.45. The van der Waals surface area contributed by atoms with Crippen LogP contribution in [0, 0.1) is 0 Å². The maximum absolute atomic E-state index is 12.2. The second kappa shape index (κ2) is 6.94. The topological polar surface area (TPSA) is 53.2 Å². The number of carbonyl (C=O) groups is 1. The molecule has 1 aliphatic carbocycles. The zero-order chi connectivity index (χ0) is 15.3. The van der Waals surface area contributed by atoms with Gasteiger partial charge in [-0.15, -0.1) is 0 Å². The van der Waals surface area contributed by atoms with Gasteiger partial charge in [-0.2, -0.15) is 0 Å². The Balaban J connectivity index is 1.96. The Bertz CT molecular complexity index is 481. The maximum atomic E-state index is 12.2. The van der Waals surface area contributed by atoms with E-state index in [4.69, 9.17) is 0 Å². The van der Waals surface area contributed by atoms with Gasteiger partial charge in [0.15, 0.2) is 0 Å². The standard InChI is InChI=1S/C17H27N3O/c1-13(18-3)14-8-7-9-15(12-14)19-16(21)20-17(2)10-5-4-6-11-17/h7-9,12-13,18H,4-6,10-11H2,1-3H3,(H2,19,20,21). The molecule has 2 rings (SSSR count). The van der Waals surface area contributed by atoms with E-state index in [2.05, 4.69) is 35.9 Å². The molecule has 4 nitrogen and oxygen atoms in total. The molecule has 0 saturated heterocycles. The molecule has 21 heavy (non-hydrogen) atoms. The second-order valence-electron chi connectivity index (χ2n) is 6.34. The first kappa shape index (κ1) is 15.8. The summed E-state index contributed by atoms with van der Waals surface area (Å²) >= 11 is 0. The van der Waals surface area contributed by atoms with Gasteiger partial charge in [-0.1, -0.05) is 31.4 Å². The zero-order valence-corrected chi connectivity index (χ0v) is 13.3. The van der Waals surface area contributed by atoms with E-state index in [0.29, 0.717) is 0 Å². The number of amides is 2. The van der Waals surface area contributed by atoms with Gasteiger partial charge in [-0.05, 0) is 51.4 Å². The lowest BCUT2D eigenvalue weighted by atomic mass is 9.83. The Kier molecular flexibility index (Phi) is 5.23. The Morgan fingerprint density at radius 1 is 1.24 bits per heavy atom. The molecule has 1 fully saturated rings. The predicted octanol–water partition coefficient (Wildman–Crippen LogP) is 3.81. The van der Waals surface area contributed by atoms with Crippen molar-refractivity contribution < 1.29 is 4.79 Å². The fraction of sp³-hybridized carbons (Fsp3) is 0.588. The van der Waals surface area contributed by atoms with Crippen LogP contribution in [-0.2, 0) is 0 Å². The summed E-state index contributed by atoms with van der Waals surface area (Å²) in [5, 5.41) is 9.30. The summed E-state index contributed by atoms with van der Waals surface area (Å²) < 4.78 is 0. The molecule has 0 aromatic heterocycles. The Hall–Kier alpha value is -1.55. The number of carbonyl (C=O) groups excluding carboxylic acids is 1. The van der Waals surface area contributed by atoms with E-state index in [1.54, 1.807) is 0 Å². The van der Waals surface area contributed by atoms with Crippen LogP contribution in [0.2, 0.25) is 0 Å². The van der Waals surface area contributed by atoms with Crippen LogP contribution in [0.15, 0.2) is 24.3 Å². The lowest BCUT2D eigenvalue weighted by Gasteiger charge is -2.34. The predicted molar refractivity (Wildman–Crippen MR) is 87.6 cm³/mol. The van der Waals surface area contributed by atoms with Crippen LogP contribution in [0.5, 0.6) is 0 Å². The first-order valence-electron chi connectivity index (χ1n) is 7.89. The number of anilines is 1. The van der Waals surface area contributed by atoms with E-state index in [9.17, 15) is 4.79 Å². The molecule has 1 aromatic carbocycles. The van der Waals surface area contributed by atoms with Crippen LogP contribution in [0.4, 0.5) is 10.5 Å². The fourth-order valence-corrected chi connectivity index (χ4v) is 2.95. The smallest absolute Gasteiger partial charge is 0.319 e. The summed E-state index contributed by atoms with van der Waals surface area (Å²) in [6.45, 7) is 4.24. The van der Waals surface area contributed by atoms with E-state index >= 15 is 0 Å². The van der Waals surface area contributed by atoms with Gasteiger partial charge in [0.05, 0.1) is 0 Å². The number of hydrogen-bond donors (Lipinski definition) is 3. The lowest BCUT2D eigenvalue weighted by Crippen LogP contribution is -2.48. The normalized spacial score (nSPS) is 18.8. The van der Waals surface area contributed by atoms with Gasteiger partial charge < -0.3 is 16.0 Å². The summed E-state index contributed by atoms with van der Waals surface area (Å²) in [6, 6.07) is 8.14. The molecule has 0 heterocycles. The highest BCUT2D eigenvalue weighted by Crippen LogP contribution is 2.27. The second-order valence-corrected chi connectivity index (χ2v) is 6.34. The van der Waals surface area contributed by atoms with E-state index in [-0.39, 0.29) is 17.6 Å². The van der Waals surface area contributed by atoms with Gasteiger partial charge in [-0.25, -0.2) is 4.79 Å². The number of benzene rings is 1.